The third-order valence-electron chi connectivity index (χ3n) is 4.53. The van der Waals surface area contributed by atoms with Crippen LogP contribution in [0.2, 0.25) is 0 Å². The SMILES string of the molecule is O=C1C(=Cc2ccc(O)c(O)c2)Nc2cc(OCc3ccccc3)c(O)c(O)c21. The Morgan fingerprint density at radius 1 is 0.897 bits per heavy atom. The van der Waals surface area contributed by atoms with Crippen LogP contribution in [-0.2, 0) is 6.61 Å². The van der Waals surface area contributed by atoms with Crippen molar-refractivity contribution in [2.24, 2.45) is 0 Å². The zero-order chi connectivity index (χ0) is 20.5. The molecule has 7 heteroatoms. The first-order valence-corrected chi connectivity index (χ1v) is 8.75. The molecule has 0 radical (unpaired) electrons. The van der Waals surface area contributed by atoms with Crippen LogP contribution in [0.5, 0.6) is 28.7 Å². The summed E-state index contributed by atoms with van der Waals surface area (Å²) in [6.45, 7) is 0.177. The predicted octanol–water partition coefficient (Wildman–Crippen LogP) is 3.74. The normalized spacial score (nSPS) is 13.9. The number of carbonyl (C=O) groups is 1. The molecule has 0 bridgehead atoms. The monoisotopic (exact) mass is 391 g/mol. The molecular weight excluding hydrogens is 374 g/mol. The third-order valence-corrected chi connectivity index (χ3v) is 4.53. The molecule has 1 aliphatic rings. The molecule has 0 aliphatic carbocycles. The highest BCUT2D eigenvalue weighted by Gasteiger charge is 2.31. The highest BCUT2D eigenvalue weighted by Crippen LogP contribution is 2.47. The Labute approximate surface area is 165 Å². The number of anilines is 1. The molecule has 0 aromatic heterocycles. The molecule has 3 aromatic rings. The molecule has 4 rings (SSSR count). The Hall–Kier alpha value is -4.13. The summed E-state index contributed by atoms with van der Waals surface area (Å²) in [5.41, 5.74) is 1.71. The van der Waals surface area contributed by atoms with Gasteiger partial charge < -0.3 is 30.5 Å². The summed E-state index contributed by atoms with van der Waals surface area (Å²) in [5.74, 6) is -2.16. The van der Waals surface area contributed by atoms with E-state index in [0.29, 0.717) is 11.3 Å². The van der Waals surface area contributed by atoms with E-state index in [1.165, 1.54) is 30.3 Å². The van der Waals surface area contributed by atoms with Gasteiger partial charge >= 0.3 is 0 Å². The van der Waals surface area contributed by atoms with E-state index in [4.69, 9.17) is 4.74 Å². The summed E-state index contributed by atoms with van der Waals surface area (Å²) >= 11 is 0. The van der Waals surface area contributed by atoms with E-state index in [0.717, 1.165) is 5.56 Å². The quantitative estimate of drug-likeness (QED) is 0.261. The number of hydrogen-bond acceptors (Lipinski definition) is 7. The number of aromatic hydroxyl groups is 4. The largest absolute Gasteiger partial charge is 0.504 e. The molecule has 0 saturated carbocycles. The van der Waals surface area contributed by atoms with Gasteiger partial charge in [-0.3, -0.25) is 4.79 Å². The van der Waals surface area contributed by atoms with E-state index in [-0.39, 0.29) is 35.1 Å². The van der Waals surface area contributed by atoms with Crippen LogP contribution in [0.4, 0.5) is 5.69 Å². The molecule has 0 spiro atoms. The summed E-state index contributed by atoms with van der Waals surface area (Å²) in [7, 11) is 0. The molecule has 146 valence electrons. The summed E-state index contributed by atoms with van der Waals surface area (Å²) in [6, 6.07) is 14.9. The van der Waals surface area contributed by atoms with Gasteiger partial charge in [0.25, 0.3) is 0 Å². The molecule has 0 atom stereocenters. The minimum atomic E-state index is -0.569. The maximum absolute atomic E-state index is 12.7. The third kappa shape index (κ3) is 3.41. The van der Waals surface area contributed by atoms with Crippen molar-refractivity contribution < 1.29 is 30.0 Å². The lowest BCUT2D eigenvalue weighted by molar-refractivity contribution is 0.103. The van der Waals surface area contributed by atoms with Gasteiger partial charge in [0.05, 0.1) is 16.9 Å². The first kappa shape index (κ1) is 18.2. The van der Waals surface area contributed by atoms with Crippen molar-refractivity contribution in [3.63, 3.8) is 0 Å². The van der Waals surface area contributed by atoms with E-state index >= 15 is 0 Å². The van der Waals surface area contributed by atoms with E-state index in [2.05, 4.69) is 5.32 Å². The highest BCUT2D eigenvalue weighted by molar-refractivity contribution is 6.22. The maximum atomic E-state index is 12.7. The number of rotatable bonds is 4. The van der Waals surface area contributed by atoms with Gasteiger partial charge in [-0.1, -0.05) is 36.4 Å². The fourth-order valence-electron chi connectivity index (χ4n) is 3.04. The van der Waals surface area contributed by atoms with Crippen molar-refractivity contribution in [2.45, 2.75) is 6.61 Å². The number of fused-ring (bicyclic) bond motifs is 1. The first-order chi connectivity index (χ1) is 13.9. The fraction of sp³-hybridized carbons (Fsp3) is 0.0455. The minimum Gasteiger partial charge on any atom is -0.504 e. The van der Waals surface area contributed by atoms with Gasteiger partial charge in [-0.25, -0.2) is 0 Å². The van der Waals surface area contributed by atoms with Crippen molar-refractivity contribution >= 4 is 17.5 Å². The van der Waals surface area contributed by atoms with Gasteiger partial charge in [0.15, 0.2) is 23.0 Å². The second kappa shape index (κ2) is 7.12. The van der Waals surface area contributed by atoms with Crippen molar-refractivity contribution in [1.29, 1.82) is 0 Å². The fourth-order valence-corrected chi connectivity index (χ4v) is 3.04. The van der Waals surface area contributed by atoms with Crippen molar-refractivity contribution in [3.05, 3.63) is 77.0 Å². The van der Waals surface area contributed by atoms with Crippen molar-refractivity contribution in [1.82, 2.24) is 0 Å². The summed E-state index contributed by atoms with van der Waals surface area (Å²) in [4.78, 5) is 12.7. The lowest BCUT2D eigenvalue weighted by atomic mass is 10.1. The number of phenolic OH excluding ortho intramolecular Hbond substituents is 4. The molecule has 0 fully saturated rings. The molecule has 7 nitrogen and oxygen atoms in total. The lowest BCUT2D eigenvalue weighted by Crippen LogP contribution is -2.00. The van der Waals surface area contributed by atoms with Gasteiger partial charge in [0.1, 0.15) is 6.61 Å². The van der Waals surface area contributed by atoms with Gasteiger partial charge in [0, 0.05) is 6.07 Å². The minimum absolute atomic E-state index is 0.0360. The molecule has 0 unspecified atom stereocenters. The number of hydrogen-bond donors (Lipinski definition) is 5. The van der Waals surface area contributed by atoms with E-state index < -0.39 is 17.3 Å². The van der Waals surface area contributed by atoms with Crippen LogP contribution >= 0.6 is 0 Å². The Balaban J connectivity index is 1.63. The summed E-state index contributed by atoms with van der Waals surface area (Å²) in [5, 5.41) is 42.5. The standard InChI is InChI=1S/C22H17NO6/c24-16-7-6-13(9-17(16)25)8-15-20(26)19-14(23-15)10-18(21(27)22(19)28)29-11-12-4-2-1-3-5-12/h1-10,23-25,27-28H,11H2. The molecule has 29 heavy (non-hydrogen) atoms. The molecule has 0 saturated heterocycles. The van der Waals surface area contributed by atoms with Crippen LogP contribution in [0.1, 0.15) is 21.5 Å². The first-order valence-electron chi connectivity index (χ1n) is 8.75. The number of benzene rings is 3. The van der Waals surface area contributed by atoms with Crippen LogP contribution in [0.3, 0.4) is 0 Å². The molecular formula is C22H17NO6. The second-order valence-electron chi connectivity index (χ2n) is 6.53. The molecule has 5 N–H and O–H groups in total. The number of Topliss-reactive ketones (excluding diaryl/α,β-unsaturated/α-hetero) is 1. The second-order valence-corrected chi connectivity index (χ2v) is 6.53. The molecule has 3 aromatic carbocycles. The zero-order valence-electron chi connectivity index (χ0n) is 15.1. The number of ketones is 1. The summed E-state index contributed by atoms with van der Waals surface area (Å²) in [6.07, 6.45) is 1.46. The van der Waals surface area contributed by atoms with Crippen molar-refractivity contribution in [3.8, 4) is 28.7 Å². The van der Waals surface area contributed by atoms with Crippen LogP contribution in [0.15, 0.2) is 60.3 Å². The van der Waals surface area contributed by atoms with Gasteiger partial charge in [-0.15, -0.1) is 0 Å². The maximum Gasteiger partial charge on any atom is 0.215 e. The highest BCUT2D eigenvalue weighted by atomic mass is 16.5. The average molecular weight is 391 g/mol. The van der Waals surface area contributed by atoms with Gasteiger partial charge in [-0.2, -0.15) is 0 Å². The number of ether oxygens (including phenoxy) is 1. The van der Waals surface area contributed by atoms with Crippen LogP contribution in [-0.4, -0.2) is 26.2 Å². The van der Waals surface area contributed by atoms with Crippen LogP contribution < -0.4 is 10.1 Å². The van der Waals surface area contributed by atoms with Crippen LogP contribution in [0, 0.1) is 0 Å². The average Bonchev–Trinajstić information content (AvgIpc) is 3.02. The Morgan fingerprint density at radius 2 is 1.66 bits per heavy atom. The Bertz CT molecular complexity index is 1140. The van der Waals surface area contributed by atoms with Crippen LogP contribution in [0.25, 0.3) is 6.08 Å². The van der Waals surface area contributed by atoms with E-state index in [9.17, 15) is 25.2 Å². The lowest BCUT2D eigenvalue weighted by Gasteiger charge is -2.11. The molecule has 1 heterocycles. The van der Waals surface area contributed by atoms with E-state index in [1.807, 2.05) is 30.3 Å². The number of phenols is 4. The molecule has 0 amide bonds. The Morgan fingerprint density at radius 3 is 2.38 bits per heavy atom. The number of allylic oxidation sites excluding steroid dienone is 1. The predicted molar refractivity (Wildman–Crippen MR) is 106 cm³/mol. The van der Waals surface area contributed by atoms with Gasteiger partial charge in [-0.05, 0) is 29.3 Å². The smallest absolute Gasteiger partial charge is 0.215 e. The number of nitrogens with one attached hydrogen (secondary N) is 1. The summed E-state index contributed by atoms with van der Waals surface area (Å²) < 4.78 is 5.61. The van der Waals surface area contributed by atoms with Gasteiger partial charge in [0.2, 0.25) is 11.5 Å². The van der Waals surface area contributed by atoms with Crippen molar-refractivity contribution in [2.75, 3.05) is 5.32 Å². The Kier molecular flexibility index (Phi) is 4.48. The topological polar surface area (TPSA) is 119 Å². The molecule has 1 aliphatic heterocycles. The number of carbonyl (C=O) groups excluding carboxylic acids is 1. The zero-order valence-corrected chi connectivity index (χ0v) is 15.1. The van der Waals surface area contributed by atoms with E-state index in [1.54, 1.807) is 0 Å².